The molecule has 0 radical (unpaired) electrons. The first-order valence-corrected chi connectivity index (χ1v) is 8.45. The summed E-state index contributed by atoms with van der Waals surface area (Å²) in [5.74, 6) is 0.349. The van der Waals surface area contributed by atoms with Crippen LogP contribution in [-0.4, -0.2) is 10.1 Å². The number of phenols is 1. The van der Waals surface area contributed by atoms with Crippen molar-refractivity contribution in [3.05, 3.63) is 78.4 Å². The zero-order valence-electron chi connectivity index (χ0n) is 13.9. The van der Waals surface area contributed by atoms with Crippen molar-refractivity contribution in [2.75, 3.05) is 0 Å². The lowest BCUT2D eigenvalue weighted by atomic mass is 9.93. The number of aryl methyl sites for hydroxylation is 1. The molecule has 0 spiro atoms. The van der Waals surface area contributed by atoms with Gasteiger partial charge < -0.3 is 10.1 Å². The van der Waals surface area contributed by atoms with Gasteiger partial charge in [0.1, 0.15) is 5.75 Å². The molecule has 0 bridgehead atoms. The molecule has 0 atom stereocenters. The molecule has 0 aliphatic rings. The van der Waals surface area contributed by atoms with Crippen LogP contribution in [0.2, 0.25) is 0 Å². The molecule has 0 amide bonds. The SMILES string of the molecule is Cc1ccc2c(c1)c(O)c(-c1ccccc1)c1c3ccccc3[nH]c21. The average Bonchev–Trinajstić information content (AvgIpc) is 3.02. The van der Waals surface area contributed by atoms with Crippen LogP contribution in [0.25, 0.3) is 43.7 Å². The normalized spacial score (nSPS) is 11.6. The van der Waals surface area contributed by atoms with E-state index in [0.29, 0.717) is 5.75 Å². The highest BCUT2D eigenvalue weighted by Gasteiger charge is 2.19. The third kappa shape index (κ3) is 1.97. The Hall–Kier alpha value is -3.26. The Labute approximate surface area is 145 Å². The van der Waals surface area contributed by atoms with Crippen molar-refractivity contribution in [1.29, 1.82) is 0 Å². The summed E-state index contributed by atoms with van der Waals surface area (Å²) in [5.41, 5.74) is 5.22. The first kappa shape index (κ1) is 14.1. The highest BCUT2D eigenvalue weighted by Crippen LogP contribution is 2.45. The van der Waals surface area contributed by atoms with Gasteiger partial charge >= 0.3 is 0 Å². The maximum Gasteiger partial charge on any atom is 0.132 e. The molecule has 0 unspecified atom stereocenters. The van der Waals surface area contributed by atoms with E-state index in [0.717, 1.165) is 49.3 Å². The van der Waals surface area contributed by atoms with Gasteiger partial charge in [-0.15, -0.1) is 0 Å². The smallest absolute Gasteiger partial charge is 0.132 e. The standard InChI is InChI=1S/C23H17NO/c1-14-11-12-16-18(13-14)23(25)20(15-7-3-2-4-8-15)21-17-9-5-6-10-19(17)24-22(16)21/h2-13,24-25H,1H3. The van der Waals surface area contributed by atoms with Gasteiger partial charge in [-0.3, -0.25) is 0 Å². The second-order valence-corrected chi connectivity index (χ2v) is 6.56. The lowest BCUT2D eigenvalue weighted by Crippen LogP contribution is -1.86. The predicted molar refractivity (Wildman–Crippen MR) is 105 cm³/mol. The monoisotopic (exact) mass is 323 g/mol. The van der Waals surface area contributed by atoms with Crippen molar-refractivity contribution < 1.29 is 5.11 Å². The number of aromatic hydroxyl groups is 1. The Bertz CT molecular complexity index is 1250. The lowest BCUT2D eigenvalue weighted by molar-refractivity contribution is 0.484. The molecule has 5 aromatic rings. The number of hydrogen-bond acceptors (Lipinski definition) is 1. The molecule has 2 nitrogen and oxygen atoms in total. The van der Waals surface area contributed by atoms with Crippen LogP contribution in [0.4, 0.5) is 0 Å². The van der Waals surface area contributed by atoms with Gasteiger partial charge in [0.2, 0.25) is 0 Å². The Morgan fingerprint density at radius 2 is 1.52 bits per heavy atom. The average molecular weight is 323 g/mol. The van der Waals surface area contributed by atoms with E-state index in [4.69, 9.17) is 0 Å². The van der Waals surface area contributed by atoms with E-state index in [1.165, 1.54) is 0 Å². The van der Waals surface area contributed by atoms with Gasteiger partial charge in [0.05, 0.1) is 5.52 Å². The number of aromatic amines is 1. The minimum absolute atomic E-state index is 0.349. The molecule has 2 N–H and O–H groups in total. The third-order valence-corrected chi connectivity index (χ3v) is 4.95. The number of rotatable bonds is 1. The molecule has 25 heavy (non-hydrogen) atoms. The number of hydrogen-bond donors (Lipinski definition) is 2. The molecule has 5 rings (SSSR count). The number of phenolic OH excluding ortho intramolecular Hbond substituents is 1. The molecule has 2 heteroatoms. The topological polar surface area (TPSA) is 36.0 Å². The van der Waals surface area contributed by atoms with E-state index in [9.17, 15) is 5.11 Å². The molecule has 0 saturated carbocycles. The number of nitrogens with one attached hydrogen (secondary N) is 1. The molecule has 120 valence electrons. The number of benzene rings is 4. The van der Waals surface area contributed by atoms with Crippen LogP contribution in [0.15, 0.2) is 72.8 Å². The summed E-state index contributed by atoms with van der Waals surface area (Å²) in [6, 6.07) is 24.6. The van der Waals surface area contributed by atoms with Crippen molar-refractivity contribution in [3.8, 4) is 16.9 Å². The van der Waals surface area contributed by atoms with Gasteiger partial charge in [0.25, 0.3) is 0 Å². The van der Waals surface area contributed by atoms with E-state index in [-0.39, 0.29) is 0 Å². The van der Waals surface area contributed by atoms with Gasteiger partial charge in [-0.25, -0.2) is 0 Å². The highest BCUT2D eigenvalue weighted by atomic mass is 16.3. The van der Waals surface area contributed by atoms with Gasteiger partial charge in [-0.05, 0) is 24.6 Å². The summed E-state index contributed by atoms with van der Waals surface area (Å²) in [6.07, 6.45) is 0. The fourth-order valence-corrected chi connectivity index (χ4v) is 3.81. The fourth-order valence-electron chi connectivity index (χ4n) is 3.81. The van der Waals surface area contributed by atoms with Crippen molar-refractivity contribution in [3.63, 3.8) is 0 Å². The summed E-state index contributed by atoms with van der Waals surface area (Å²) in [4.78, 5) is 3.57. The molecule has 0 aliphatic carbocycles. The number of para-hydroxylation sites is 1. The minimum atomic E-state index is 0.349. The lowest BCUT2D eigenvalue weighted by Gasteiger charge is -2.12. The van der Waals surface area contributed by atoms with Crippen molar-refractivity contribution >= 4 is 32.6 Å². The molecule has 0 aliphatic heterocycles. The summed E-state index contributed by atoms with van der Waals surface area (Å²) in [7, 11) is 0. The van der Waals surface area contributed by atoms with Crippen LogP contribution in [0.3, 0.4) is 0 Å². The molecule has 0 saturated heterocycles. The Morgan fingerprint density at radius 1 is 0.760 bits per heavy atom. The van der Waals surface area contributed by atoms with E-state index in [2.05, 4.69) is 54.4 Å². The first-order valence-electron chi connectivity index (χ1n) is 8.45. The van der Waals surface area contributed by atoms with Gasteiger partial charge in [0, 0.05) is 32.6 Å². The van der Waals surface area contributed by atoms with E-state index in [1.54, 1.807) is 0 Å². The largest absolute Gasteiger partial charge is 0.507 e. The summed E-state index contributed by atoms with van der Waals surface area (Å²) in [6.45, 7) is 2.05. The van der Waals surface area contributed by atoms with E-state index >= 15 is 0 Å². The zero-order valence-corrected chi connectivity index (χ0v) is 13.9. The summed E-state index contributed by atoms with van der Waals surface area (Å²) >= 11 is 0. The Balaban J connectivity index is 2.10. The maximum absolute atomic E-state index is 11.2. The van der Waals surface area contributed by atoms with Crippen molar-refractivity contribution in [1.82, 2.24) is 4.98 Å². The van der Waals surface area contributed by atoms with Crippen molar-refractivity contribution in [2.24, 2.45) is 0 Å². The second-order valence-electron chi connectivity index (χ2n) is 6.56. The van der Waals surface area contributed by atoms with Crippen LogP contribution in [0, 0.1) is 6.92 Å². The van der Waals surface area contributed by atoms with Crippen LogP contribution in [-0.2, 0) is 0 Å². The highest BCUT2D eigenvalue weighted by molar-refractivity contribution is 6.25. The summed E-state index contributed by atoms with van der Waals surface area (Å²) < 4.78 is 0. The van der Waals surface area contributed by atoms with Gasteiger partial charge in [-0.1, -0.05) is 66.2 Å². The zero-order chi connectivity index (χ0) is 17.0. The Kier molecular flexibility index (Phi) is 2.89. The molecule has 1 heterocycles. The predicted octanol–water partition coefficient (Wildman–Crippen LogP) is 6.16. The van der Waals surface area contributed by atoms with Crippen LogP contribution >= 0.6 is 0 Å². The van der Waals surface area contributed by atoms with Gasteiger partial charge in [-0.2, -0.15) is 0 Å². The number of aromatic nitrogens is 1. The molecular formula is C23H17NO. The summed E-state index contributed by atoms with van der Waals surface area (Å²) in [5, 5.41) is 15.3. The first-order chi connectivity index (χ1) is 12.2. The molecular weight excluding hydrogens is 306 g/mol. The van der Waals surface area contributed by atoms with Gasteiger partial charge in [0.15, 0.2) is 0 Å². The van der Waals surface area contributed by atoms with E-state index in [1.807, 2.05) is 30.3 Å². The molecule has 4 aromatic carbocycles. The van der Waals surface area contributed by atoms with Crippen LogP contribution < -0.4 is 0 Å². The quantitative estimate of drug-likeness (QED) is 0.381. The second kappa shape index (κ2) is 5.12. The van der Waals surface area contributed by atoms with Crippen LogP contribution in [0.5, 0.6) is 5.75 Å². The number of fused-ring (bicyclic) bond motifs is 5. The third-order valence-electron chi connectivity index (χ3n) is 4.95. The maximum atomic E-state index is 11.2. The minimum Gasteiger partial charge on any atom is -0.507 e. The fraction of sp³-hybridized carbons (Fsp3) is 0.0435. The molecule has 0 fully saturated rings. The van der Waals surface area contributed by atoms with Crippen molar-refractivity contribution in [2.45, 2.75) is 6.92 Å². The number of H-pyrrole nitrogens is 1. The van der Waals surface area contributed by atoms with Crippen LogP contribution in [0.1, 0.15) is 5.56 Å². The molecule has 1 aromatic heterocycles. The Morgan fingerprint density at radius 3 is 2.36 bits per heavy atom. The van der Waals surface area contributed by atoms with E-state index < -0.39 is 0 Å².